The topological polar surface area (TPSA) is 97.2 Å². The van der Waals surface area contributed by atoms with Gasteiger partial charge in [0.05, 0.1) is 18.0 Å². The zero-order valence-electron chi connectivity index (χ0n) is 21.2. The maximum absolute atomic E-state index is 11.2. The Bertz CT molecular complexity index is 1110. The number of hydrogen-bond donors (Lipinski definition) is 3. The number of likely N-dealkylation sites (tertiary alicyclic amines) is 1. The molecule has 2 atom stereocenters. The molecular formula is C26H35Cl2N7O. The van der Waals surface area contributed by atoms with Crippen LogP contribution < -0.4 is 15.5 Å². The molecular weight excluding hydrogens is 497 g/mol. The van der Waals surface area contributed by atoms with Gasteiger partial charge in [-0.3, -0.25) is 4.79 Å². The molecule has 1 amide bonds. The van der Waals surface area contributed by atoms with Crippen LogP contribution in [-0.2, 0) is 4.79 Å². The Hall–Kier alpha value is -2.42. The van der Waals surface area contributed by atoms with Gasteiger partial charge in [0, 0.05) is 49.7 Å². The van der Waals surface area contributed by atoms with Crippen LogP contribution in [0.2, 0.25) is 10.0 Å². The van der Waals surface area contributed by atoms with Crippen molar-refractivity contribution >= 4 is 46.5 Å². The lowest BCUT2D eigenvalue weighted by Gasteiger charge is -2.47. The minimum absolute atomic E-state index is 0.0306. The van der Waals surface area contributed by atoms with E-state index < -0.39 is 0 Å². The van der Waals surface area contributed by atoms with Gasteiger partial charge in [0.2, 0.25) is 5.91 Å². The Morgan fingerprint density at radius 2 is 2.00 bits per heavy atom. The molecule has 10 heteroatoms. The van der Waals surface area contributed by atoms with E-state index in [-0.39, 0.29) is 11.9 Å². The highest BCUT2D eigenvalue weighted by Gasteiger charge is 2.36. The third-order valence-electron chi connectivity index (χ3n) is 7.14. The van der Waals surface area contributed by atoms with Gasteiger partial charge in [-0.1, -0.05) is 29.3 Å². The fourth-order valence-corrected chi connectivity index (χ4v) is 5.68. The van der Waals surface area contributed by atoms with Crippen molar-refractivity contribution in [1.29, 1.82) is 5.41 Å². The van der Waals surface area contributed by atoms with Crippen LogP contribution in [0.5, 0.6) is 0 Å². The molecule has 0 aliphatic carbocycles. The van der Waals surface area contributed by atoms with Crippen LogP contribution >= 0.6 is 23.2 Å². The molecule has 2 aliphatic rings. The third-order valence-corrected chi connectivity index (χ3v) is 7.70. The number of carbonyl (C=O) groups excluding carboxylic acids is 1. The van der Waals surface area contributed by atoms with Gasteiger partial charge in [0.1, 0.15) is 11.5 Å². The van der Waals surface area contributed by atoms with Gasteiger partial charge < -0.3 is 25.8 Å². The number of nitrogens with one attached hydrogen (secondary N) is 3. The Labute approximate surface area is 223 Å². The Morgan fingerprint density at radius 1 is 1.22 bits per heavy atom. The van der Waals surface area contributed by atoms with Crippen LogP contribution in [0.4, 0.5) is 11.6 Å². The van der Waals surface area contributed by atoms with Gasteiger partial charge in [0.25, 0.3) is 0 Å². The highest BCUT2D eigenvalue weighted by atomic mass is 35.5. The maximum Gasteiger partial charge on any atom is 0.216 e. The standard InChI is InChI=1S/C26H35Cl2N7O/c1-16(29)25-26(32-17(2)22-7-6-21(27)11-23(22)28)33-24(12-31-25)35-14-20(15-35)19-5-4-9-34(13-19)10-8-30-18(3)36/h6-7,11-12,17,19-20,29H,4-5,8-10,13-15H2,1-3H3,(H,30,36)(H,32,33). The fraction of sp³-hybridized carbons (Fsp3) is 0.538. The van der Waals surface area contributed by atoms with Crippen molar-refractivity contribution in [2.24, 2.45) is 11.8 Å². The van der Waals surface area contributed by atoms with Crippen molar-refractivity contribution in [2.45, 2.75) is 39.7 Å². The number of aromatic nitrogens is 2. The van der Waals surface area contributed by atoms with E-state index in [1.54, 1.807) is 26.1 Å². The van der Waals surface area contributed by atoms with Crippen LogP contribution in [0.25, 0.3) is 0 Å². The molecule has 2 aliphatic heterocycles. The fourth-order valence-electron chi connectivity index (χ4n) is 5.11. The Morgan fingerprint density at radius 3 is 2.69 bits per heavy atom. The van der Waals surface area contributed by atoms with E-state index in [4.69, 9.17) is 33.6 Å². The monoisotopic (exact) mass is 531 g/mol. The van der Waals surface area contributed by atoms with Crippen LogP contribution in [0.15, 0.2) is 24.4 Å². The number of piperidine rings is 1. The quantitative estimate of drug-likeness (QED) is 0.408. The van der Waals surface area contributed by atoms with E-state index in [9.17, 15) is 4.79 Å². The van der Waals surface area contributed by atoms with E-state index >= 15 is 0 Å². The molecule has 0 bridgehead atoms. The largest absolute Gasteiger partial charge is 0.362 e. The van der Waals surface area contributed by atoms with E-state index in [2.05, 4.69) is 25.4 Å². The molecule has 1 aromatic heterocycles. The zero-order valence-corrected chi connectivity index (χ0v) is 22.7. The minimum atomic E-state index is -0.132. The number of halogens is 2. The van der Waals surface area contributed by atoms with E-state index in [1.165, 1.54) is 12.8 Å². The third kappa shape index (κ3) is 6.47. The molecule has 2 fully saturated rings. The van der Waals surface area contributed by atoms with E-state index in [0.29, 0.717) is 45.6 Å². The molecule has 3 N–H and O–H groups in total. The van der Waals surface area contributed by atoms with Crippen molar-refractivity contribution in [2.75, 3.05) is 49.5 Å². The summed E-state index contributed by atoms with van der Waals surface area (Å²) in [6, 6.07) is 5.32. The summed E-state index contributed by atoms with van der Waals surface area (Å²) in [5.41, 5.74) is 1.80. The molecule has 2 unspecified atom stereocenters. The molecule has 0 radical (unpaired) electrons. The Balaban J connectivity index is 1.39. The molecule has 2 saturated heterocycles. The van der Waals surface area contributed by atoms with Gasteiger partial charge in [-0.05, 0) is 62.8 Å². The minimum Gasteiger partial charge on any atom is -0.362 e. The summed E-state index contributed by atoms with van der Waals surface area (Å²) >= 11 is 12.5. The molecule has 194 valence electrons. The number of amides is 1. The van der Waals surface area contributed by atoms with Gasteiger partial charge in [-0.15, -0.1) is 0 Å². The number of anilines is 2. The predicted molar refractivity (Wildman–Crippen MR) is 147 cm³/mol. The number of rotatable bonds is 9. The highest BCUT2D eigenvalue weighted by Crippen LogP contribution is 2.34. The molecule has 1 aromatic carbocycles. The Kier molecular flexibility index (Phi) is 8.70. The highest BCUT2D eigenvalue weighted by molar-refractivity contribution is 6.35. The molecule has 2 aromatic rings. The second-order valence-electron chi connectivity index (χ2n) is 9.93. The summed E-state index contributed by atoms with van der Waals surface area (Å²) < 4.78 is 0. The average molecular weight is 533 g/mol. The molecule has 36 heavy (non-hydrogen) atoms. The first-order valence-electron chi connectivity index (χ1n) is 12.6. The van der Waals surface area contributed by atoms with Gasteiger partial charge in [-0.2, -0.15) is 0 Å². The van der Waals surface area contributed by atoms with Crippen LogP contribution in [0.3, 0.4) is 0 Å². The van der Waals surface area contributed by atoms with Crippen LogP contribution in [0, 0.1) is 17.2 Å². The van der Waals surface area contributed by atoms with Crippen molar-refractivity contribution in [3.8, 4) is 0 Å². The second kappa shape index (κ2) is 11.8. The number of nitrogens with zero attached hydrogens (tertiary/aromatic N) is 4. The smallest absolute Gasteiger partial charge is 0.216 e. The summed E-state index contributed by atoms with van der Waals surface area (Å²) in [4.78, 5) is 25.3. The maximum atomic E-state index is 11.2. The predicted octanol–water partition coefficient (Wildman–Crippen LogP) is 4.63. The van der Waals surface area contributed by atoms with E-state index in [0.717, 1.165) is 44.1 Å². The summed E-state index contributed by atoms with van der Waals surface area (Å²) in [5.74, 6) is 2.73. The molecule has 8 nitrogen and oxygen atoms in total. The first-order valence-corrected chi connectivity index (χ1v) is 13.3. The lowest BCUT2D eigenvalue weighted by Crippen LogP contribution is -2.54. The summed E-state index contributed by atoms with van der Waals surface area (Å²) in [7, 11) is 0. The molecule has 4 rings (SSSR count). The SMILES string of the molecule is CC(=N)c1ncc(N2CC(C3CCCN(CCNC(C)=O)C3)C2)nc1NC(C)c1ccc(Cl)cc1Cl. The first kappa shape index (κ1) is 26.6. The lowest BCUT2D eigenvalue weighted by molar-refractivity contribution is -0.119. The van der Waals surface area contributed by atoms with Crippen LogP contribution in [0.1, 0.15) is 50.9 Å². The van der Waals surface area contributed by atoms with Gasteiger partial charge in [0.15, 0.2) is 5.82 Å². The first-order chi connectivity index (χ1) is 17.2. The summed E-state index contributed by atoms with van der Waals surface area (Å²) in [6.45, 7) is 11.0. The second-order valence-corrected chi connectivity index (χ2v) is 10.8. The van der Waals surface area contributed by atoms with Crippen molar-refractivity contribution < 1.29 is 4.79 Å². The summed E-state index contributed by atoms with van der Waals surface area (Å²) in [5, 5.41) is 15.7. The zero-order chi connectivity index (χ0) is 25.8. The van der Waals surface area contributed by atoms with Gasteiger partial charge >= 0.3 is 0 Å². The normalized spacial score (nSPS) is 19.5. The molecule has 0 spiro atoms. The van der Waals surface area contributed by atoms with Crippen molar-refractivity contribution in [3.63, 3.8) is 0 Å². The van der Waals surface area contributed by atoms with Crippen molar-refractivity contribution in [3.05, 3.63) is 45.7 Å². The number of hydrogen-bond acceptors (Lipinski definition) is 7. The number of carbonyl (C=O) groups is 1. The van der Waals surface area contributed by atoms with Crippen molar-refractivity contribution in [1.82, 2.24) is 20.2 Å². The van der Waals surface area contributed by atoms with Crippen LogP contribution in [-0.4, -0.2) is 65.8 Å². The molecule has 0 saturated carbocycles. The number of benzene rings is 1. The van der Waals surface area contributed by atoms with E-state index in [1.807, 2.05) is 19.1 Å². The summed E-state index contributed by atoms with van der Waals surface area (Å²) in [6.07, 6.45) is 4.22. The lowest BCUT2D eigenvalue weighted by atomic mass is 9.80. The molecule has 3 heterocycles. The van der Waals surface area contributed by atoms with Gasteiger partial charge in [-0.25, -0.2) is 9.97 Å². The average Bonchev–Trinajstić information content (AvgIpc) is 2.78.